The molecule has 4 rings (SSSR count). The molecule has 0 aliphatic heterocycles. The molecule has 0 spiro atoms. The van der Waals surface area contributed by atoms with Gasteiger partial charge in [-0.15, -0.1) is 11.8 Å². The molecule has 8 heteroatoms. The van der Waals surface area contributed by atoms with Crippen LogP contribution in [0.3, 0.4) is 0 Å². The molecule has 1 amide bonds. The van der Waals surface area contributed by atoms with Crippen LogP contribution in [0.4, 0.5) is 5.69 Å². The SMILES string of the molecule is CSc1nc(-c2ccco2)nc(C)c1C(=O)Nc1ccc2c(C)cc(=O)oc2c1. The zero-order chi connectivity index (χ0) is 20.5. The third-order valence-corrected chi connectivity index (χ3v) is 5.11. The Morgan fingerprint density at radius 2 is 1.97 bits per heavy atom. The number of aryl methyl sites for hydroxylation is 2. The van der Waals surface area contributed by atoms with Crippen molar-refractivity contribution in [2.75, 3.05) is 11.6 Å². The summed E-state index contributed by atoms with van der Waals surface area (Å²) in [6.45, 7) is 3.59. The van der Waals surface area contributed by atoms with E-state index in [-0.39, 0.29) is 5.91 Å². The zero-order valence-electron chi connectivity index (χ0n) is 16.0. The lowest BCUT2D eigenvalue weighted by molar-refractivity contribution is 0.102. The number of hydrogen-bond acceptors (Lipinski definition) is 7. The molecule has 0 aliphatic rings. The maximum absolute atomic E-state index is 13.0. The summed E-state index contributed by atoms with van der Waals surface area (Å²) in [7, 11) is 0. The van der Waals surface area contributed by atoms with Gasteiger partial charge in [-0.25, -0.2) is 14.8 Å². The van der Waals surface area contributed by atoms with E-state index in [0.717, 1.165) is 10.9 Å². The largest absolute Gasteiger partial charge is 0.461 e. The van der Waals surface area contributed by atoms with E-state index in [1.807, 2.05) is 19.2 Å². The number of nitrogens with zero attached hydrogens (tertiary/aromatic N) is 2. The fraction of sp³-hybridized carbons (Fsp3) is 0.143. The second-order valence-corrected chi connectivity index (χ2v) is 7.20. The second kappa shape index (κ2) is 7.56. The van der Waals surface area contributed by atoms with Gasteiger partial charge in [0.05, 0.1) is 17.5 Å². The van der Waals surface area contributed by atoms with Gasteiger partial charge in [0, 0.05) is 23.2 Å². The molecule has 4 aromatic rings. The van der Waals surface area contributed by atoms with Crippen molar-refractivity contribution in [1.82, 2.24) is 9.97 Å². The number of hydrogen-bond donors (Lipinski definition) is 1. The molecule has 3 aromatic heterocycles. The highest BCUT2D eigenvalue weighted by molar-refractivity contribution is 7.98. The van der Waals surface area contributed by atoms with Crippen LogP contribution in [0, 0.1) is 13.8 Å². The van der Waals surface area contributed by atoms with E-state index in [1.165, 1.54) is 17.8 Å². The van der Waals surface area contributed by atoms with Crippen molar-refractivity contribution in [3.8, 4) is 11.6 Å². The molecule has 1 N–H and O–H groups in total. The van der Waals surface area contributed by atoms with Gasteiger partial charge in [0.1, 0.15) is 10.6 Å². The Labute approximate surface area is 170 Å². The number of carbonyl (C=O) groups excluding carboxylic acids is 1. The van der Waals surface area contributed by atoms with Crippen LogP contribution in [0.25, 0.3) is 22.6 Å². The Kier molecular flexibility index (Phi) is 4.94. The van der Waals surface area contributed by atoms with E-state index in [2.05, 4.69) is 15.3 Å². The number of anilines is 1. The van der Waals surface area contributed by atoms with Crippen molar-refractivity contribution < 1.29 is 13.6 Å². The normalized spacial score (nSPS) is 11.0. The van der Waals surface area contributed by atoms with Crippen LogP contribution in [0.15, 0.2) is 61.3 Å². The topological polar surface area (TPSA) is 98.2 Å². The first-order valence-electron chi connectivity index (χ1n) is 8.78. The molecule has 0 radical (unpaired) electrons. The summed E-state index contributed by atoms with van der Waals surface area (Å²) in [4.78, 5) is 33.5. The van der Waals surface area contributed by atoms with Gasteiger partial charge in [-0.1, -0.05) is 0 Å². The molecule has 0 fully saturated rings. The molecule has 0 saturated heterocycles. The first-order chi connectivity index (χ1) is 14.0. The van der Waals surface area contributed by atoms with Crippen LogP contribution < -0.4 is 10.9 Å². The molecular weight excluding hydrogens is 390 g/mol. The average molecular weight is 407 g/mol. The first-order valence-corrected chi connectivity index (χ1v) is 10.0. The van der Waals surface area contributed by atoms with Gasteiger partial charge >= 0.3 is 5.63 Å². The number of fused-ring (bicyclic) bond motifs is 1. The minimum Gasteiger partial charge on any atom is -0.461 e. The molecular formula is C21H17N3O4S. The monoisotopic (exact) mass is 407 g/mol. The van der Waals surface area contributed by atoms with Crippen LogP contribution in [0.5, 0.6) is 0 Å². The Balaban J connectivity index is 1.70. The van der Waals surface area contributed by atoms with E-state index in [0.29, 0.717) is 39.1 Å². The molecule has 146 valence electrons. The molecule has 7 nitrogen and oxygen atoms in total. The van der Waals surface area contributed by atoms with Gasteiger partial charge in [-0.3, -0.25) is 4.79 Å². The van der Waals surface area contributed by atoms with Gasteiger partial charge < -0.3 is 14.2 Å². The lowest BCUT2D eigenvalue weighted by Crippen LogP contribution is -2.17. The predicted molar refractivity (Wildman–Crippen MR) is 111 cm³/mol. The fourth-order valence-electron chi connectivity index (χ4n) is 3.07. The van der Waals surface area contributed by atoms with Crippen LogP contribution in [-0.2, 0) is 0 Å². The van der Waals surface area contributed by atoms with Gasteiger partial charge in [-0.2, -0.15) is 0 Å². The number of benzene rings is 1. The Morgan fingerprint density at radius 3 is 2.69 bits per heavy atom. The first kappa shape index (κ1) is 18.9. The van der Waals surface area contributed by atoms with Crippen molar-refractivity contribution in [2.45, 2.75) is 18.9 Å². The standard InChI is InChI=1S/C21H17N3O4S/c1-11-9-17(25)28-16-10-13(6-7-14(11)16)23-20(26)18-12(2)22-19(24-21(18)29-3)15-5-4-8-27-15/h4-10H,1-3H3,(H,23,26). The van der Waals surface area contributed by atoms with Gasteiger partial charge in [0.15, 0.2) is 11.6 Å². The molecule has 3 heterocycles. The third kappa shape index (κ3) is 3.66. The van der Waals surface area contributed by atoms with Crippen molar-refractivity contribution in [3.63, 3.8) is 0 Å². The van der Waals surface area contributed by atoms with Crippen molar-refractivity contribution in [3.05, 3.63) is 69.9 Å². The highest BCUT2D eigenvalue weighted by Gasteiger charge is 2.20. The van der Waals surface area contributed by atoms with Gasteiger partial charge in [0.25, 0.3) is 5.91 Å². The molecule has 0 atom stereocenters. The van der Waals surface area contributed by atoms with Crippen LogP contribution in [0.2, 0.25) is 0 Å². The minimum atomic E-state index is -0.430. The molecule has 1 aromatic carbocycles. The third-order valence-electron chi connectivity index (χ3n) is 4.43. The molecule has 0 saturated carbocycles. The number of carbonyl (C=O) groups is 1. The summed E-state index contributed by atoms with van der Waals surface area (Å²) in [5.41, 5.74) is 2.24. The molecule has 0 unspecified atom stereocenters. The van der Waals surface area contributed by atoms with Gasteiger partial charge in [0.2, 0.25) is 0 Å². The lowest BCUT2D eigenvalue weighted by Gasteiger charge is -2.12. The van der Waals surface area contributed by atoms with E-state index in [4.69, 9.17) is 8.83 Å². The molecule has 29 heavy (non-hydrogen) atoms. The second-order valence-electron chi connectivity index (χ2n) is 6.41. The number of aromatic nitrogens is 2. The fourth-order valence-corrected chi connectivity index (χ4v) is 3.69. The number of thioether (sulfide) groups is 1. The van der Waals surface area contributed by atoms with Crippen molar-refractivity contribution in [2.24, 2.45) is 0 Å². The highest BCUT2D eigenvalue weighted by Crippen LogP contribution is 2.27. The maximum atomic E-state index is 13.0. The number of furan rings is 1. The van der Waals surface area contributed by atoms with E-state index in [1.54, 1.807) is 37.5 Å². The molecule has 0 aliphatic carbocycles. The lowest BCUT2D eigenvalue weighted by atomic mass is 10.1. The van der Waals surface area contributed by atoms with Crippen LogP contribution in [-0.4, -0.2) is 22.1 Å². The number of nitrogens with one attached hydrogen (secondary N) is 1. The zero-order valence-corrected chi connectivity index (χ0v) is 16.8. The van der Waals surface area contributed by atoms with Crippen LogP contribution >= 0.6 is 11.8 Å². The Hall–Kier alpha value is -3.39. The highest BCUT2D eigenvalue weighted by atomic mass is 32.2. The van der Waals surface area contributed by atoms with Crippen molar-refractivity contribution >= 4 is 34.3 Å². The Bertz CT molecular complexity index is 1280. The summed E-state index contributed by atoms with van der Waals surface area (Å²) < 4.78 is 10.6. The summed E-state index contributed by atoms with van der Waals surface area (Å²) in [5.74, 6) is 0.624. The number of amides is 1. The maximum Gasteiger partial charge on any atom is 0.336 e. The average Bonchev–Trinajstić information content (AvgIpc) is 3.21. The summed E-state index contributed by atoms with van der Waals surface area (Å²) in [6.07, 6.45) is 3.39. The van der Waals surface area contributed by atoms with E-state index >= 15 is 0 Å². The predicted octanol–water partition coefficient (Wildman–Crippen LogP) is 4.43. The van der Waals surface area contributed by atoms with Gasteiger partial charge in [-0.05, 0) is 49.9 Å². The minimum absolute atomic E-state index is 0.341. The van der Waals surface area contributed by atoms with E-state index < -0.39 is 5.63 Å². The molecule has 0 bridgehead atoms. The van der Waals surface area contributed by atoms with E-state index in [9.17, 15) is 9.59 Å². The quantitative estimate of drug-likeness (QED) is 0.303. The Morgan fingerprint density at radius 1 is 1.14 bits per heavy atom. The smallest absolute Gasteiger partial charge is 0.336 e. The number of rotatable bonds is 4. The summed E-state index contributed by atoms with van der Waals surface area (Å²) in [5, 5.41) is 4.20. The van der Waals surface area contributed by atoms with Crippen molar-refractivity contribution in [1.29, 1.82) is 0 Å². The summed E-state index contributed by atoms with van der Waals surface area (Å²) in [6, 6.07) is 10.2. The van der Waals surface area contributed by atoms with Crippen LogP contribution in [0.1, 0.15) is 21.6 Å². The summed E-state index contributed by atoms with van der Waals surface area (Å²) >= 11 is 1.35.